The van der Waals surface area contributed by atoms with Crippen LogP contribution in [-0.4, -0.2) is 37.8 Å². The highest BCUT2D eigenvalue weighted by molar-refractivity contribution is 7.89. The Morgan fingerprint density at radius 3 is 2.44 bits per heavy atom. The highest BCUT2D eigenvalue weighted by atomic mass is 35.5. The molecule has 1 fully saturated rings. The van der Waals surface area contributed by atoms with E-state index in [1.54, 1.807) is 12.1 Å². The fourth-order valence-electron chi connectivity index (χ4n) is 3.28. The van der Waals surface area contributed by atoms with Gasteiger partial charge in [0.1, 0.15) is 0 Å². The first-order chi connectivity index (χ1) is 12.3. The Kier molecular flexibility index (Phi) is 6.64. The average molecular weight is 410 g/mol. The molecule has 0 radical (unpaired) electrons. The second-order valence-electron chi connectivity index (χ2n) is 6.66. The zero-order valence-corrected chi connectivity index (χ0v) is 16.9. The molecule has 1 heterocycles. The highest BCUT2D eigenvalue weighted by Gasteiger charge is 2.38. The number of carbonyl (C=O) groups excluding carboxylic acids is 1. The summed E-state index contributed by atoms with van der Waals surface area (Å²) in [6.07, 6.45) is 0. The highest BCUT2D eigenvalue weighted by Crippen LogP contribution is 2.31. The van der Waals surface area contributed by atoms with Crippen molar-refractivity contribution in [2.45, 2.75) is 30.7 Å². The maximum atomic E-state index is 13.1. The van der Waals surface area contributed by atoms with Crippen molar-refractivity contribution in [2.75, 3.05) is 18.4 Å². The van der Waals surface area contributed by atoms with Crippen LogP contribution in [0.15, 0.2) is 53.4 Å². The maximum Gasteiger partial charge on any atom is 0.243 e. The van der Waals surface area contributed by atoms with Crippen molar-refractivity contribution in [3.8, 4) is 0 Å². The van der Waals surface area contributed by atoms with E-state index in [9.17, 15) is 13.2 Å². The third kappa shape index (κ3) is 4.50. The lowest BCUT2D eigenvalue weighted by Gasteiger charge is -2.18. The standard InChI is InChI=1S/C19H23N3O3S.ClH/c1-13-8-9-16(10-19(13)21-14(2)23)26(24,25)22-11-17(18(20)12-22)15-6-4-3-5-7-15;/h3-10,17-18H,11-12,20H2,1-2H3,(H,21,23);1H/t17-,18+;/m0./s1. The van der Waals surface area contributed by atoms with Gasteiger partial charge in [-0.3, -0.25) is 4.79 Å². The number of halogens is 1. The molecular formula is C19H24ClN3O3S. The van der Waals surface area contributed by atoms with Gasteiger partial charge in [0.2, 0.25) is 15.9 Å². The largest absolute Gasteiger partial charge is 0.326 e. The van der Waals surface area contributed by atoms with Crippen LogP contribution in [0.4, 0.5) is 5.69 Å². The van der Waals surface area contributed by atoms with Gasteiger partial charge in [0, 0.05) is 37.7 Å². The average Bonchev–Trinajstić information content (AvgIpc) is 3.00. The first kappa shape index (κ1) is 21.4. The van der Waals surface area contributed by atoms with E-state index < -0.39 is 10.0 Å². The lowest BCUT2D eigenvalue weighted by molar-refractivity contribution is -0.114. The minimum atomic E-state index is -3.69. The monoisotopic (exact) mass is 409 g/mol. The van der Waals surface area contributed by atoms with Crippen molar-refractivity contribution >= 4 is 34.0 Å². The number of benzene rings is 2. The number of carbonyl (C=O) groups is 1. The van der Waals surface area contributed by atoms with Gasteiger partial charge in [0.25, 0.3) is 0 Å². The summed E-state index contributed by atoms with van der Waals surface area (Å²) >= 11 is 0. The summed E-state index contributed by atoms with van der Waals surface area (Å²) in [5.74, 6) is -0.277. The topological polar surface area (TPSA) is 92.5 Å². The molecule has 0 saturated carbocycles. The summed E-state index contributed by atoms with van der Waals surface area (Å²) in [5.41, 5.74) is 8.58. The number of hydrogen-bond acceptors (Lipinski definition) is 4. The van der Waals surface area contributed by atoms with E-state index in [0.717, 1.165) is 11.1 Å². The number of nitrogens with zero attached hydrogens (tertiary/aromatic N) is 1. The van der Waals surface area contributed by atoms with Crippen molar-refractivity contribution in [3.05, 3.63) is 59.7 Å². The molecule has 0 aliphatic carbocycles. The van der Waals surface area contributed by atoms with Crippen molar-refractivity contribution in [2.24, 2.45) is 5.73 Å². The van der Waals surface area contributed by atoms with E-state index in [2.05, 4.69) is 5.32 Å². The normalized spacial score (nSPS) is 20.1. The Labute approximate surface area is 166 Å². The molecule has 2 aromatic carbocycles. The summed E-state index contributed by atoms with van der Waals surface area (Å²) in [7, 11) is -3.69. The SMILES string of the molecule is CC(=O)Nc1cc(S(=O)(=O)N2C[C@@H](N)[C@H](c3ccccc3)C2)ccc1C.Cl. The Balaban J connectivity index is 0.00000261. The van der Waals surface area contributed by atoms with Crippen LogP contribution < -0.4 is 11.1 Å². The number of sulfonamides is 1. The molecule has 0 spiro atoms. The molecule has 6 nitrogen and oxygen atoms in total. The lowest BCUT2D eigenvalue weighted by atomic mass is 9.95. The van der Waals surface area contributed by atoms with Crippen LogP contribution in [0.2, 0.25) is 0 Å². The smallest absolute Gasteiger partial charge is 0.243 e. The van der Waals surface area contributed by atoms with Gasteiger partial charge >= 0.3 is 0 Å². The summed E-state index contributed by atoms with van der Waals surface area (Å²) in [4.78, 5) is 11.5. The predicted molar refractivity (Wildman–Crippen MR) is 109 cm³/mol. The minimum Gasteiger partial charge on any atom is -0.326 e. The van der Waals surface area contributed by atoms with Crippen LogP contribution in [0.5, 0.6) is 0 Å². The summed E-state index contributed by atoms with van der Waals surface area (Å²) in [6.45, 7) is 3.82. The first-order valence-electron chi connectivity index (χ1n) is 8.48. The third-order valence-electron chi connectivity index (χ3n) is 4.72. The fraction of sp³-hybridized carbons (Fsp3) is 0.316. The van der Waals surface area contributed by atoms with Gasteiger partial charge < -0.3 is 11.1 Å². The number of hydrogen-bond donors (Lipinski definition) is 2. The second-order valence-corrected chi connectivity index (χ2v) is 8.60. The molecule has 27 heavy (non-hydrogen) atoms. The predicted octanol–water partition coefficient (Wildman–Crippen LogP) is 2.49. The Hall–Kier alpha value is -1.93. The summed E-state index contributed by atoms with van der Waals surface area (Å²) < 4.78 is 27.6. The maximum absolute atomic E-state index is 13.1. The first-order valence-corrected chi connectivity index (χ1v) is 9.92. The van der Waals surface area contributed by atoms with Crippen LogP contribution in [-0.2, 0) is 14.8 Å². The van der Waals surface area contributed by atoms with Gasteiger partial charge in [-0.2, -0.15) is 4.31 Å². The summed E-state index contributed by atoms with van der Waals surface area (Å²) in [6, 6.07) is 14.2. The van der Waals surface area contributed by atoms with E-state index in [1.165, 1.54) is 17.3 Å². The van der Waals surface area contributed by atoms with Crippen molar-refractivity contribution in [3.63, 3.8) is 0 Å². The number of nitrogens with two attached hydrogens (primary N) is 1. The molecule has 0 aromatic heterocycles. The van der Waals surface area contributed by atoms with Crippen LogP contribution in [0.25, 0.3) is 0 Å². The van der Waals surface area contributed by atoms with Gasteiger partial charge in [-0.15, -0.1) is 12.4 Å². The summed E-state index contributed by atoms with van der Waals surface area (Å²) in [5, 5.41) is 2.67. The van der Waals surface area contributed by atoms with Crippen molar-refractivity contribution in [1.29, 1.82) is 0 Å². The zero-order chi connectivity index (χ0) is 18.9. The number of amides is 1. The van der Waals surface area contributed by atoms with Gasteiger partial charge in [-0.05, 0) is 30.2 Å². The zero-order valence-electron chi connectivity index (χ0n) is 15.3. The van der Waals surface area contributed by atoms with E-state index in [1.807, 2.05) is 37.3 Å². The molecule has 1 amide bonds. The van der Waals surface area contributed by atoms with Gasteiger partial charge in [-0.1, -0.05) is 36.4 Å². The van der Waals surface area contributed by atoms with Crippen molar-refractivity contribution in [1.82, 2.24) is 4.31 Å². The molecule has 0 unspecified atom stereocenters. The molecule has 146 valence electrons. The second kappa shape index (κ2) is 8.39. The molecular weight excluding hydrogens is 386 g/mol. The fourth-order valence-corrected chi connectivity index (χ4v) is 4.81. The molecule has 3 rings (SSSR count). The molecule has 8 heteroatoms. The number of aryl methyl sites for hydroxylation is 1. The minimum absolute atomic E-state index is 0. The van der Waals surface area contributed by atoms with Crippen LogP contribution in [0.3, 0.4) is 0 Å². The number of anilines is 1. The molecule has 1 aliphatic heterocycles. The van der Waals surface area contributed by atoms with Crippen LogP contribution >= 0.6 is 12.4 Å². The van der Waals surface area contributed by atoms with Gasteiger partial charge in [-0.25, -0.2) is 8.42 Å². The van der Waals surface area contributed by atoms with E-state index in [-0.39, 0.29) is 41.7 Å². The van der Waals surface area contributed by atoms with E-state index >= 15 is 0 Å². The van der Waals surface area contributed by atoms with Crippen LogP contribution in [0.1, 0.15) is 24.0 Å². The quantitative estimate of drug-likeness (QED) is 0.811. The van der Waals surface area contributed by atoms with Crippen LogP contribution in [0, 0.1) is 6.92 Å². The third-order valence-corrected chi connectivity index (χ3v) is 6.54. The molecule has 2 aromatic rings. The Morgan fingerprint density at radius 1 is 1.15 bits per heavy atom. The molecule has 2 atom stereocenters. The molecule has 0 bridgehead atoms. The molecule has 1 aliphatic rings. The Bertz CT molecular complexity index is 919. The molecule has 1 saturated heterocycles. The van der Waals surface area contributed by atoms with Gasteiger partial charge in [0.05, 0.1) is 4.90 Å². The lowest BCUT2D eigenvalue weighted by Crippen LogP contribution is -2.32. The van der Waals surface area contributed by atoms with Gasteiger partial charge in [0.15, 0.2) is 0 Å². The van der Waals surface area contributed by atoms with E-state index in [4.69, 9.17) is 5.73 Å². The number of nitrogens with one attached hydrogen (secondary N) is 1. The molecule has 3 N–H and O–H groups in total. The van der Waals surface area contributed by atoms with E-state index in [0.29, 0.717) is 12.2 Å². The number of rotatable bonds is 4. The van der Waals surface area contributed by atoms with Crippen molar-refractivity contribution < 1.29 is 13.2 Å². The Morgan fingerprint density at radius 2 is 1.81 bits per heavy atom.